The summed E-state index contributed by atoms with van der Waals surface area (Å²) in [7, 11) is 0. The number of urea groups is 1. The predicted octanol–water partition coefficient (Wildman–Crippen LogP) is 8.21. The van der Waals surface area contributed by atoms with Crippen molar-refractivity contribution in [1.29, 1.82) is 0 Å². The molecule has 0 bridgehead atoms. The molecule has 2 amide bonds. The summed E-state index contributed by atoms with van der Waals surface area (Å²) in [4.78, 5) is 14.8. The fraction of sp³-hybridized carbons (Fsp3) is 0.480. The van der Waals surface area contributed by atoms with Crippen LogP contribution in [0, 0.1) is 0 Å². The number of benzene rings is 2. The first kappa shape index (κ1) is 24.6. The van der Waals surface area contributed by atoms with E-state index in [2.05, 4.69) is 24.4 Å². The van der Waals surface area contributed by atoms with E-state index >= 15 is 0 Å². The maximum absolute atomic E-state index is 12.9. The number of nitrogens with one attached hydrogen (secondary N) is 1. The molecule has 0 fully saturated rings. The van der Waals surface area contributed by atoms with E-state index in [0.29, 0.717) is 22.3 Å². The van der Waals surface area contributed by atoms with Gasteiger partial charge < -0.3 is 10.2 Å². The van der Waals surface area contributed by atoms with Crippen LogP contribution in [0.1, 0.15) is 63.9 Å². The highest BCUT2D eigenvalue weighted by molar-refractivity contribution is 6.36. The zero-order valence-corrected chi connectivity index (χ0v) is 19.5. The summed E-state index contributed by atoms with van der Waals surface area (Å²) in [6, 6.07) is 15.3. The average molecular weight is 449 g/mol. The predicted molar refractivity (Wildman–Crippen MR) is 130 cm³/mol. The number of amides is 2. The van der Waals surface area contributed by atoms with Crippen LogP contribution in [0.2, 0.25) is 10.0 Å². The van der Waals surface area contributed by atoms with Gasteiger partial charge in [0.15, 0.2) is 0 Å². The SMILES string of the molecule is CCCCCCCCCCN(CCc1ccccc1)C(=O)Nc1ccc(Cl)cc1Cl. The Morgan fingerprint density at radius 3 is 2.20 bits per heavy atom. The Balaban J connectivity index is 1.86. The maximum atomic E-state index is 12.9. The minimum Gasteiger partial charge on any atom is -0.324 e. The normalized spacial score (nSPS) is 10.8. The van der Waals surface area contributed by atoms with Gasteiger partial charge in [-0.15, -0.1) is 0 Å². The van der Waals surface area contributed by atoms with Crippen LogP contribution in [-0.2, 0) is 6.42 Å². The number of anilines is 1. The summed E-state index contributed by atoms with van der Waals surface area (Å²) in [6.07, 6.45) is 10.8. The molecule has 164 valence electrons. The smallest absolute Gasteiger partial charge is 0.321 e. The Morgan fingerprint density at radius 1 is 0.867 bits per heavy atom. The third kappa shape index (κ3) is 9.40. The minimum atomic E-state index is -0.113. The lowest BCUT2D eigenvalue weighted by Crippen LogP contribution is -2.37. The highest BCUT2D eigenvalue weighted by Crippen LogP contribution is 2.25. The Bertz CT molecular complexity index is 752. The monoisotopic (exact) mass is 448 g/mol. The van der Waals surface area contributed by atoms with Gasteiger partial charge in [-0.2, -0.15) is 0 Å². The van der Waals surface area contributed by atoms with Gasteiger partial charge in [0.2, 0.25) is 0 Å². The van der Waals surface area contributed by atoms with Crippen molar-refractivity contribution in [3.63, 3.8) is 0 Å². The third-order valence-corrected chi connectivity index (χ3v) is 5.80. The Labute approximate surface area is 191 Å². The lowest BCUT2D eigenvalue weighted by molar-refractivity contribution is 0.211. The van der Waals surface area contributed by atoms with Crippen molar-refractivity contribution >= 4 is 34.9 Å². The van der Waals surface area contributed by atoms with Gasteiger partial charge >= 0.3 is 6.03 Å². The standard InChI is InChI=1S/C25H34Cl2N2O/c1-2-3-4-5-6-7-8-12-18-29(19-17-21-13-10-9-11-14-21)25(30)28-24-16-15-22(26)20-23(24)27/h9-11,13-16,20H,2-8,12,17-19H2,1H3,(H,28,30). The third-order valence-electron chi connectivity index (χ3n) is 5.25. The molecule has 30 heavy (non-hydrogen) atoms. The van der Waals surface area contributed by atoms with E-state index < -0.39 is 0 Å². The molecule has 0 radical (unpaired) electrons. The van der Waals surface area contributed by atoms with Crippen LogP contribution in [0.25, 0.3) is 0 Å². The van der Waals surface area contributed by atoms with Crippen LogP contribution in [-0.4, -0.2) is 24.0 Å². The lowest BCUT2D eigenvalue weighted by atomic mass is 10.1. The summed E-state index contributed by atoms with van der Waals surface area (Å²) in [5, 5.41) is 3.95. The second kappa shape index (κ2) is 14.3. The van der Waals surface area contributed by atoms with Gasteiger partial charge in [-0.1, -0.05) is 105 Å². The molecule has 0 aliphatic heterocycles. The van der Waals surface area contributed by atoms with E-state index in [1.54, 1.807) is 18.2 Å². The lowest BCUT2D eigenvalue weighted by Gasteiger charge is -2.23. The molecule has 3 nitrogen and oxygen atoms in total. The fourth-order valence-corrected chi connectivity index (χ4v) is 3.90. The summed E-state index contributed by atoms with van der Waals surface area (Å²) in [6.45, 7) is 3.67. The van der Waals surface area contributed by atoms with Crippen molar-refractivity contribution in [2.75, 3.05) is 18.4 Å². The number of unbranched alkanes of at least 4 members (excludes halogenated alkanes) is 7. The molecule has 5 heteroatoms. The highest BCUT2D eigenvalue weighted by atomic mass is 35.5. The molecule has 0 aromatic heterocycles. The van der Waals surface area contributed by atoms with Gasteiger partial charge in [0, 0.05) is 18.1 Å². The molecular formula is C25H34Cl2N2O. The molecule has 2 rings (SSSR count). The van der Waals surface area contributed by atoms with E-state index in [0.717, 1.165) is 25.8 Å². The molecular weight excluding hydrogens is 415 g/mol. The summed E-state index contributed by atoms with van der Waals surface area (Å²) >= 11 is 12.2. The van der Waals surface area contributed by atoms with Gasteiger partial charge in [-0.3, -0.25) is 0 Å². The molecule has 0 aliphatic carbocycles. The maximum Gasteiger partial charge on any atom is 0.321 e. The molecule has 0 atom stereocenters. The van der Waals surface area contributed by atoms with Crippen molar-refractivity contribution < 1.29 is 4.79 Å². The van der Waals surface area contributed by atoms with Crippen molar-refractivity contribution in [3.8, 4) is 0 Å². The van der Waals surface area contributed by atoms with Gasteiger partial charge in [0.25, 0.3) is 0 Å². The second-order valence-corrected chi connectivity index (χ2v) is 8.60. The van der Waals surface area contributed by atoms with Crippen LogP contribution in [0.5, 0.6) is 0 Å². The zero-order chi connectivity index (χ0) is 21.6. The van der Waals surface area contributed by atoms with Crippen LogP contribution < -0.4 is 5.32 Å². The Hall–Kier alpha value is -1.71. The van der Waals surface area contributed by atoms with Crippen molar-refractivity contribution in [1.82, 2.24) is 4.90 Å². The molecule has 0 spiro atoms. The van der Waals surface area contributed by atoms with E-state index in [9.17, 15) is 4.79 Å². The first-order valence-electron chi connectivity index (χ1n) is 11.1. The number of rotatable bonds is 13. The molecule has 0 saturated heterocycles. The Morgan fingerprint density at radius 2 is 1.53 bits per heavy atom. The summed E-state index contributed by atoms with van der Waals surface area (Å²) in [5.74, 6) is 0. The second-order valence-electron chi connectivity index (χ2n) is 7.75. The van der Waals surface area contributed by atoms with Crippen LogP contribution in [0.3, 0.4) is 0 Å². The fourth-order valence-electron chi connectivity index (χ4n) is 3.45. The van der Waals surface area contributed by atoms with Crippen molar-refractivity contribution in [2.24, 2.45) is 0 Å². The van der Waals surface area contributed by atoms with E-state index in [4.69, 9.17) is 23.2 Å². The average Bonchev–Trinajstić information content (AvgIpc) is 2.74. The van der Waals surface area contributed by atoms with Crippen molar-refractivity contribution in [2.45, 2.75) is 64.7 Å². The molecule has 2 aromatic rings. The number of hydrogen-bond donors (Lipinski definition) is 1. The largest absolute Gasteiger partial charge is 0.324 e. The molecule has 2 aromatic carbocycles. The number of nitrogens with zero attached hydrogens (tertiary/aromatic N) is 1. The van der Waals surface area contributed by atoms with Crippen molar-refractivity contribution in [3.05, 3.63) is 64.1 Å². The highest BCUT2D eigenvalue weighted by Gasteiger charge is 2.15. The molecule has 0 heterocycles. The van der Waals surface area contributed by atoms with Crippen LogP contribution in [0.4, 0.5) is 10.5 Å². The van der Waals surface area contributed by atoms with Gasteiger partial charge in [0.1, 0.15) is 0 Å². The van der Waals surface area contributed by atoms with Gasteiger partial charge in [0.05, 0.1) is 10.7 Å². The molecule has 1 N–H and O–H groups in total. The number of carbonyl (C=O) groups excluding carboxylic acids is 1. The van der Waals surface area contributed by atoms with Gasteiger partial charge in [-0.25, -0.2) is 4.79 Å². The van der Waals surface area contributed by atoms with E-state index in [1.807, 2.05) is 23.1 Å². The minimum absolute atomic E-state index is 0.113. The Kier molecular flexibility index (Phi) is 11.7. The van der Waals surface area contributed by atoms with E-state index in [1.165, 1.54) is 44.1 Å². The summed E-state index contributed by atoms with van der Waals surface area (Å²) < 4.78 is 0. The first-order chi connectivity index (χ1) is 14.6. The molecule has 0 saturated carbocycles. The zero-order valence-electron chi connectivity index (χ0n) is 18.0. The topological polar surface area (TPSA) is 32.3 Å². The summed E-state index contributed by atoms with van der Waals surface area (Å²) in [5.41, 5.74) is 1.82. The number of halogens is 2. The molecule has 0 unspecified atom stereocenters. The number of carbonyl (C=O) groups is 1. The molecule has 0 aliphatic rings. The quantitative estimate of drug-likeness (QED) is 0.307. The van der Waals surface area contributed by atoms with Gasteiger partial charge in [-0.05, 0) is 36.6 Å². The van der Waals surface area contributed by atoms with Crippen LogP contribution in [0.15, 0.2) is 48.5 Å². The first-order valence-corrected chi connectivity index (χ1v) is 11.9. The van der Waals surface area contributed by atoms with E-state index in [-0.39, 0.29) is 6.03 Å². The number of hydrogen-bond acceptors (Lipinski definition) is 1. The van der Waals surface area contributed by atoms with Crippen LogP contribution >= 0.6 is 23.2 Å².